The Bertz CT molecular complexity index is 507. The van der Waals surface area contributed by atoms with Gasteiger partial charge in [0, 0.05) is 10.8 Å². The molecule has 0 radical (unpaired) electrons. The summed E-state index contributed by atoms with van der Waals surface area (Å²) >= 11 is 1.74. The maximum absolute atomic E-state index is 5.36. The van der Waals surface area contributed by atoms with Crippen molar-refractivity contribution in [2.24, 2.45) is 0 Å². The monoisotopic (exact) mass is 478 g/mol. The third-order valence-corrected chi connectivity index (χ3v) is 8.83. The molecule has 0 aliphatic heterocycles. The number of hydrogen-bond donors (Lipinski definition) is 0. The first-order chi connectivity index (χ1) is 16.0. The normalized spacial score (nSPS) is 12.5. The van der Waals surface area contributed by atoms with Gasteiger partial charge >= 0.3 is 0 Å². The minimum atomic E-state index is 0.154. The van der Waals surface area contributed by atoms with Crippen LogP contribution in [0, 0.1) is 0 Å². The molecule has 0 bridgehead atoms. The van der Waals surface area contributed by atoms with Crippen LogP contribution in [0.5, 0.6) is 0 Å². The van der Waals surface area contributed by atoms with Crippen LogP contribution in [-0.2, 0) is 10.8 Å². The quantitative estimate of drug-likeness (QED) is 0.155. The van der Waals surface area contributed by atoms with Gasteiger partial charge in [-0.1, -0.05) is 144 Å². The molecule has 1 aromatic rings. The van der Waals surface area contributed by atoms with Crippen molar-refractivity contribution in [2.45, 2.75) is 181 Å². The minimum Gasteiger partial charge on any atom is -0.223 e. The number of aromatic nitrogens is 2. The Labute approximate surface area is 212 Å². The Balaban J connectivity index is 2.98. The number of nitrogens with zero attached hydrogens (tertiary/aromatic N) is 2. The summed E-state index contributed by atoms with van der Waals surface area (Å²) in [7, 11) is 0. The Kier molecular flexibility index (Phi) is 16.6. The smallest absolute Gasteiger partial charge is 0.148 e. The highest BCUT2D eigenvalue weighted by Crippen LogP contribution is 2.40. The zero-order chi connectivity index (χ0) is 24.4. The fourth-order valence-corrected chi connectivity index (χ4v) is 6.15. The van der Waals surface area contributed by atoms with Gasteiger partial charge in [0.05, 0.1) is 0 Å². The Morgan fingerprint density at radius 1 is 0.515 bits per heavy atom. The van der Waals surface area contributed by atoms with Crippen molar-refractivity contribution in [1.29, 1.82) is 0 Å². The van der Waals surface area contributed by atoms with Gasteiger partial charge in [0.25, 0.3) is 0 Å². The third kappa shape index (κ3) is 11.7. The zero-order valence-electron chi connectivity index (χ0n) is 23.4. The molecule has 0 saturated carbocycles. The number of unbranched alkanes of at least 4 members (excludes halogenated alkanes) is 12. The first-order valence-corrected chi connectivity index (χ1v) is 15.6. The molecule has 0 aliphatic carbocycles. The molecule has 0 saturated heterocycles. The van der Waals surface area contributed by atoms with E-state index in [0.717, 1.165) is 0 Å². The molecular weight excluding hydrogens is 420 g/mol. The molecule has 0 atom stereocenters. The average Bonchev–Trinajstić information content (AvgIpc) is 3.32. The average molecular weight is 479 g/mol. The molecule has 0 aromatic carbocycles. The molecule has 33 heavy (non-hydrogen) atoms. The van der Waals surface area contributed by atoms with E-state index in [4.69, 9.17) is 9.36 Å². The van der Waals surface area contributed by atoms with Gasteiger partial charge in [-0.05, 0) is 37.2 Å². The van der Waals surface area contributed by atoms with Gasteiger partial charge in [-0.25, -0.2) is 4.98 Å². The van der Waals surface area contributed by atoms with E-state index < -0.39 is 0 Å². The van der Waals surface area contributed by atoms with E-state index in [-0.39, 0.29) is 10.8 Å². The van der Waals surface area contributed by atoms with Gasteiger partial charge in [-0.3, -0.25) is 0 Å². The van der Waals surface area contributed by atoms with Crippen LogP contribution in [-0.4, -0.2) is 9.36 Å². The highest BCUT2D eigenvalue weighted by molar-refractivity contribution is 7.05. The number of hydrogen-bond acceptors (Lipinski definition) is 3. The molecule has 194 valence electrons. The first-order valence-electron chi connectivity index (χ1n) is 14.8. The lowest BCUT2D eigenvalue weighted by molar-refractivity contribution is 0.339. The first kappa shape index (κ1) is 30.6. The molecule has 3 heteroatoms. The van der Waals surface area contributed by atoms with Crippen LogP contribution < -0.4 is 0 Å². The molecular formula is C30H58N2S. The Hall–Kier alpha value is -0.440. The summed E-state index contributed by atoms with van der Waals surface area (Å²) in [5.74, 6) is 1.17. The van der Waals surface area contributed by atoms with Crippen molar-refractivity contribution in [1.82, 2.24) is 9.36 Å². The molecule has 0 aliphatic rings. The fourth-order valence-electron chi connectivity index (χ4n) is 5.17. The second-order valence-electron chi connectivity index (χ2n) is 11.3. The highest BCUT2D eigenvalue weighted by Gasteiger charge is 2.35. The highest BCUT2D eigenvalue weighted by atomic mass is 32.1. The summed E-state index contributed by atoms with van der Waals surface area (Å²) in [5.41, 5.74) is 0.365. The summed E-state index contributed by atoms with van der Waals surface area (Å²) in [5, 5.41) is 1.33. The van der Waals surface area contributed by atoms with Crippen LogP contribution in [0.1, 0.15) is 181 Å². The van der Waals surface area contributed by atoms with E-state index >= 15 is 0 Å². The van der Waals surface area contributed by atoms with Crippen molar-refractivity contribution < 1.29 is 0 Å². The predicted octanol–water partition coefficient (Wildman–Crippen LogP) is 10.9. The third-order valence-electron chi connectivity index (χ3n) is 7.81. The largest absolute Gasteiger partial charge is 0.223 e. The van der Waals surface area contributed by atoms with Gasteiger partial charge < -0.3 is 0 Å². The van der Waals surface area contributed by atoms with Crippen LogP contribution in [0.25, 0.3) is 0 Å². The zero-order valence-corrected chi connectivity index (χ0v) is 24.3. The maximum atomic E-state index is 5.36. The maximum Gasteiger partial charge on any atom is 0.148 e. The summed E-state index contributed by atoms with van der Waals surface area (Å²) in [4.78, 5) is 5.36. The second-order valence-corrected chi connectivity index (χ2v) is 12.0. The topological polar surface area (TPSA) is 25.8 Å². The van der Waals surface area contributed by atoms with E-state index in [1.165, 1.54) is 139 Å². The molecule has 2 nitrogen and oxygen atoms in total. The van der Waals surface area contributed by atoms with Gasteiger partial charge in [-0.15, -0.1) is 0 Å². The van der Waals surface area contributed by atoms with Gasteiger partial charge in [0.1, 0.15) is 10.8 Å². The molecule has 0 spiro atoms. The Morgan fingerprint density at radius 2 is 0.879 bits per heavy atom. The Morgan fingerprint density at radius 3 is 1.24 bits per heavy atom. The summed E-state index contributed by atoms with van der Waals surface area (Å²) < 4.78 is 5.07. The van der Waals surface area contributed by atoms with Gasteiger partial charge in [0.15, 0.2) is 0 Å². The van der Waals surface area contributed by atoms with Crippen molar-refractivity contribution >= 4 is 11.5 Å². The SMILES string of the molecule is CCCCCCC(C)(CCCCCC)c1nsc(C(C)(CCCCCC)CCCCCC)n1. The van der Waals surface area contributed by atoms with Crippen molar-refractivity contribution in [3.8, 4) is 0 Å². The summed E-state index contributed by atoms with van der Waals surface area (Å²) in [6, 6.07) is 0. The van der Waals surface area contributed by atoms with Crippen molar-refractivity contribution in [3.63, 3.8) is 0 Å². The minimum absolute atomic E-state index is 0.154. The van der Waals surface area contributed by atoms with Crippen LogP contribution in [0.3, 0.4) is 0 Å². The van der Waals surface area contributed by atoms with Crippen molar-refractivity contribution in [3.05, 3.63) is 10.8 Å². The second kappa shape index (κ2) is 17.9. The van der Waals surface area contributed by atoms with Gasteiger partial charge in [-0.2, -0.15) is 4.37 Å². The molecule has 1 rings (SSSR count). The predicted molar refractivity (Wildman–Crippen MR) is 150 cm³/mol. The van der Waals surface area contributed by atoms with Crippen LogP contribution in [0.15, 0.2) is 0 Å². The summed E-state index contributed by atoms with van der Waals surface area (Å²) in [6.07, 6.45) is 26.4. The van der Waals surface area contributed by atoms with E-state index in [1.807, 2.05) is 0 Å². The lowest BCUT2D eigenvalue weighted by Crippen LogP contribution is -2.26. The van der Waals surface area contributed by atoms with Gasteiger partial charge in [0.2, 0.25) is 0 Å². The van der Waals surface area contributed by atoms with Crippen LogP contribution in [0.2, 0.25) is 0 Å². The fraction of sp³-hybridized carbons (Fsp3) is 0.933. The molecule has 0 amide bonds. The molecule has 0 fully saturated rings. The van der Waals surface area contributed by atoms with E-state index in [1.54, 1.807) is 11.5 Å². The molecule has 1 aromatic heterocycles. The summed E-state index contributed by atoms with van der Waals surface area (Å²) in [6.45, 7) is 14.2. The standard InChI is InChI=1S/C30H58N2S/c1-7-11-15-19-23-29(5,24-20-16-12-8-2)27-31-28(33-32-27)30(6,25-21-17-13-9-3)26-22-18-14-10-4/h7-26H2,1-6H3. The molecule has 0 unspecified atom stereocenters. The molecule has 0 N–H and O–H groups in total. The van der Waals surface area contributed by atoms with E-state index in [9.17, 15) is 0 Å². The van der Waals surface area contributed by atoms with Crippen LogP contribution >= 0.6 is 11.5 Å². The lowest BCUT2D eigenvalue weighted by atomic mass is 9.78. The van der Waals surface area contributed by atoms with Crippen molar-refractivity contribution in [2.75, 3.05) is 0 Å². The lowest BCUT2D eigenvalue weighted by Gasteiger charge is -2.29. The van der Waals surface area contributed by atoms with E-state index in [0.29, 0.717) is 0 Å². The van der Waals surface area contributed by atoms with E-state index in [2.05, 4.69) is 41.5 Å². The van der Waals surface area contributed by atoms with Crippen LogP contribution in [0.4, 0.5) is 0 Å². The number of rotatable bonds is 22. The molecule has 1 heterocycles.